The van der Waals surface area contributed by atoms with Gasteiger partial charge in [-0.15, -0.1) is 0 Å². The van der Waals surface area contributed by atoms with Gasteiger partial charge in [-0.25, -0.2) is 13.2 Å². The Kier molecular flexibility index (Phi) is 5.61. The molecule has 0 aliphatic heterocycles. The van der Waals surface area contributed by atoms with Gasteiger partial charge >= 0.3 is 0 Å². The Hall–Kier alpha value is -3.06. The van der Waals surface area contributed by atoms with E-state index in [0.717, 1.165) is 17.7 Å². The molecule has 0 spiro atoms. The van der Waals surface area contributed by atoms with Crippen molar-refractivity contribution >= 4 is 11.6 Å². The van der Waals surface area contributed by atoms with E-state index in [0.29, 0.717) is 5.76 Å². The third-order valence-electron chi connectivity index (χ3n) is 4.20. The first-order valence-corrected chi connectivity index (χ1v) is 8.35. The van der Waals surface area contributed by atoms with Gasteiger partial charge in [-0.05, 0) is 31.2 Å². The summed E-state index contributed by atoms with van der Waals surface area (Å²) in [5.74, 6) is -4.26. The molecule has 3 rings (SSSR count). The summed E-state index contributed by atoms with van der Waals surface area (Å²) in [6.07, 6.45) is 1.54. The van der Waals surface area contributed by atoms with E-state index in [1.807, 2.05) is 30.3 Å². The number of nitrogens with two attached hydrogens (primary N) is 1. The molecule has 0 saturated carbocycles. The summed E-state index contributed by atoms with van der Waals surface area (Å²) in [5, 5.41) is 4.05. The van der Waals surface area contributed by atoms with Gasteiger partial charge in [0.25, 0.3) is 5.91 Å². The molecule has 2 aromatic carbocycles. The molecule has 0 bridgehead atoms. The minimum absolute atomic E-state index is 0.295. The molecular weight excluding hydrogens is 357 g/mol. The second kappa shape index (κ2) is 8.09. The molecule has 140 valence electrons. The number of hydrogen-bond donors (Lipinski definition) is 2. The Morgan fingerprint density at radius 3 is 2.41 bits per heavy atom. The number of furan rings is 1. The zero-order valence-electron chi connectivity index (χ0n) is 14.5. The van der Waals surface area contributed by atoms with Gasteiger partial charge in [0.1, 0.15) is 0 Å². The van der Waals surface area contributed by atoms with Gasteiger partial charge in [0, 0.05) is 5.56 Å². The van der Waals surface area contributed by atoms with Crippen molar-refractivity contribution in [1.82, 2.24) is 0 Å². The maximum absolute atomic E-state index is 13.8. The van der Waals surface area contributed by atoms with Crippen molar-refractivity contribution < 1.29 is 27.7 Å². The Labute approximate surface area is 154 Å². The molecule has 27 heavy (non-hydrogen) atoms. The molecular formula is C20H18F3N2O2+. The number of nitrogens with one attached hydrogen (secondary N) is 1. The molecule has 0 fully saturated rings. The third kappa shape index (κ3) is 4.20. The lowest BCUT2D eigenvalue weighted by Gasteiger charge is -2.19. The second-order valence-electron chi connectivity index (χ2n) is 6.10. The van der Waals surface area contributed by atoms with E-state index >= 15 is 0 Å². The number of carbonyl (C=O) groups excluding carboxylic acids is 1. The fourth-order valence-electron chi connectivity index (χ4n) is 2.74. The van der Waals surface area contributed by atoms with Gasteiger partial charge in [0.2, 0.25) is 0 Å². The van der Waals surface area contributed by atoms with E-state index in [4.69, 9.17) is 4.42 Å². The molecule has 1 aromatic heterocycles. The molecule has 0 unspecified atom stereocenters. The number of halogens is 3. The summed E-state index contributed by atoms with van der Waals surface area (Å²) < 4.78 is 45.6. The highest BCUT2D eigenvalue weighted by atomic mass is 19.2. The summed E-state index contributed by atoms with van der Waals surface area (Å²) >= 11 is 0. The highest BCUT2D eigenvalue weighted by Gasteiger charge is 2.27. The molecule has 2 atom stereocenters. The molecule has 0 aliphatic carbocycles. The molecule has 1 heterocycles. The van der Waals surface area contributed by atoms with Crippen molar-refractivity contribution in [2.24, 2.45) is 0 Å². The van der Waals surface area contributed by atoms with E-state index < -0.39 is 35.1 Å². The van der Waals surface area contributed by atoms with Gasteiger partial charge in [-0.3, -0.25) is 4.79 Å². The van der Waals surface area contributed by atoms with Crippen molar-refractivity contribution in [2.45, 2.75) is 19.0 Å². The normalized spacial score (nSPS) is 13.2. The molecule has 0 saturated heterocycles. The van der Waals surface area contributed by atoms with E-state index in [2.05, 4.69) is 5.32 Å². The number of rotatable bonds is 6. The zero-order valence-corrected chi connectivity index (χ0v) is 14.5. The second-order valence-corrected chi connectivity index (χ2v) is 6.10. The minimum Gasteiger partial charge on any atom is -0.463 e. The summed E-state index contributed by atoms with van der Waals surface area (Å²) in [5.41, 5.74) is 0.513. The SMILES string of the molecule is C[C@H]([NH2+][C@@H](c1ccccc1)c1ccco1)C(=O)Nc1ccc(F)c(F)c1F. The highest BCUT2D eigenvalue weighted by molar-refractivity contribution is 5.93. The molecule has 0 radical (unpaired) electrons. The Morgan fingerprint density at radius 2 is 1.74 bits per heavy atom. The van der Waals surface area contributed by atoms with Crippen LogP contribution < -0.4 is 10.6 Å². The summed E-state index contributed by atoms with van der Waals surface area (Å²) in [4.78, 5) is 12.4. The van der Waals surface area contributed by atoms with Crippen molar-refractivity contribution in [3.05, 3.63) is 89.6 Å². The number of benzene rings is 2. The lowest BCUT2D eigenvalue weighted by molar-refractivity contribution is -0.706. The molecule has 4 nitrogen and oxygen atoms in total. The van der Waals surface area contributed by atoms with Crippen LogP contribution in [0.2, 0.25) is 0 Å². The third-order valence-corrected chi connectivity index (χ3v) is 4.20. The molecule has 3 N–H and O–H groups in total. The van der Waals surface area contributed by atoms with Crippen LogP contribution in [0.1, 0.15) is 24.3 Å². The van der Waals surface area contributed by atoms with Crippen molar-refractivity contribution in [1.29, 1.82) is 0 Å². The van der Waals surface area contributed by atoms with Crippen molar-refractivity contribution in [3.63, 3.8) is 0 Å². The summed E-state index contributed by atoms with van der Waals surface area (Å²) in [6, 6.07) is 13.8. The standard InChI is InChI=1S/C20H17F3N2O2/c1-12(20(26)25-15-10-9-14(21)17(22)18(15)23)24-19(16-8-5-11-27-16)13-6-3-2-4-7-13/h2-12,19,24H,1H3,(H,25,26)/p+1/t12-,19-/m0/s1. The maximum atomic E-state index is 13.8. The number of anilines is 1. The predicted molar refractivity (Wildman–Crippen MR) is 93.3 cm³/mol. The van der Waals surface area contributed by atoms with Gasteiger partial charge in [-0.1, -0.05) is 30.3 Å². The summed E-state index contributed by atoms with van der Waals surface area (Å²) in [6.45, 7) is 1.63. The van der Waals surface area contributed by atoms with Gasteiger partial charge in [-0.2, -0.15) is 0 Å². The fourth-order valence-corrected chi connectivity index (χ4v) is 2.74. The van der Waals surface area contributed by atoms with Crippen LogP contribution in [0.5, 0.6) is 0 Å². The quantitative estimate of drug-likeness (QED) is 0.649. The maximum Gasteiger partial charge on any atom is 0.282 e. The van der Waals surface area contributed by atoms with E-state index in [-0.39, 0.29) is 6.04 Å². The van der Waals surface area contributed by atoms with Crippen molar-refractivity contribution in [2.75, 3.05) is 5.32 Å². The number of hydrogen-bond acceptors (Lipinski definition) is 2. The van der Waals surface area contributed by atoms with E-state index in [9.17, 15) is 18.0 Å². The van der Waals surface area contributed by atoms with Crippen LogP contribution in [0.3, 0.4) is 0 Å². The Bertz CT molecular complexity index is 914. The first-order chi connectivity index (χ1) is 13.0. The van der Waals surface area contributed by atoms with Crippen LogP contribution in [-0.2, 0) is 4.79 Å². The van der Waals surface area contributed by atoms with Gasteiger partial charge in [0.15, 0.2) is 35.3 Å². The van der Waals surface area contributed by atoms with Crippen LogP contribution in [0.25, 0.3) is 0 Å². The fraction of sp³-hybridized carbons (Fsp3) is 0.150. The van der Waals surface area contributed by atoms with E-state index in [1.54, 1.807) is 30.6 Å². The smallest absolute Gasteiger partial charge is 0.282 e. The monoisotopic (exact) mass is 375 g/mol. The molecule has 3 aromatic rings. The predicted octanol–water partition coefficient (Wildman–Crippen LogP) is 3.38. The molecule has 7 heteroatoms. The average molecular weight is 375 g/mol. The van der Waals surface area contributed by atoms with Crippen molar-refractivity contribution in [3.8, 4) is 0 Å². The zero-order chi connectivity index (χ0) is 19.4. The lowest BCUT2D eigenvalue weighted by atomic mass is 10.0. The topological polar surface area (TPSA) is 58.9 Å². The largest absolute Gasteiger partial charge is 0.463 e. The Balaban J connectivity index is 1.77. The van der Waals surface area contributed by atoms with Crippen LogP contribution >= 0.6 is 0 Å². The number of quaternary nitrogens is 1. The Morgan fingerprint density at radius 1 is 1.00 bits per heavy atom. The average Bonchev–Trinajstić information content (AvgIpc) is 3.21. The first kappa shape index (κ1) is 18.7. The number of amides is 1. The van der Waals surface area contributed by atoms with Crippen LogP contribution in [0, 0.1) is 17.5 Å². The minimum atomic E-state index is -1.62. The lowest BCUT2D eigenvalue weighted by Crippen LogP contribution is -2.92. The van der Waals surface area contributed by atoms with Crippen LogP contribution in [-0.4, -0.2) is 11.9 Å². The number of carbonyl (C=O) groups is 1. The first-order valence-electron chi connectivity index (χ1n) is 8.35. The summed E-state index contributed by atoms with van der Waals surface area (Å²) in [7, 11) is 0. The molecule has 0 aliphatic rings. The highest BCUT2D eigenvalue weighted by Crippen LogP contribution is 2.21. The van der Waals surface area contributed by atoms with Gasteiger partial charge < -0.3 is 15.1 Å². The van der Waals surface area contributed by atoms with E-state index in [1.165, 1.54) is 0 Å². The van der Waals surface area contributed by atoms with Crippen LogP contribution in [0.15, 0.2) is 65.3 Å². The molecule has 1 amide bonds. The van der Waals surface area contributed by atoms with Crippen LogP contribution in [0.4, 0.5) is 18.9 Å². The van der Waals surface area contributed by atoms with Gasteiger partial charge in [0.05, 0.1) is 12.0 Å².